The molecule has 0 bridgehead atoms. The maximum atomic E-state index is 13.7. The second-order valence-corrected chi connectivity index (χ2v) is 9.01. The van der Waals surface area contributed by atoms with Gasteiger partial charge in [0.25, 0.3) is 5.56 Å². The van der Waals surface area contributed by atoms with E-state index in [2.05, 4.69) is 5.10 Å². The van der Waals surface area contributed by atoms with Gasteiger partial charge in [0.2, 0.25) is 0 Å². The molecule has 0 amide bonds. The number of hydrogen-bond acceptors (Lipinski definition) is 4. The lowest BCUT2D eigenvalue weighted by Crippen LogP contribution is -2.42. The summed E-state index contributed by atoms with van der Waals surface area (Å²) < 4.78 is 42.0. The molecule has 0 aliphatic heterocycles. The predicted octanol–water partition coefficient (Wildman–Crippen LogP) is 2.67. The summed E-state index contributed by atoms with van der Waals surface area (Å²) in [5.41, 5.74) is -0.148. The fraction of sp³-hybridized carbons (Fsp3) is 0.500. The van der Waals surface area contributed by atoms with Crippen LogP contribution >= 0.6 is 0 Å². The summed E-state index contributed by atoms with van der Waals surface area (Å²) in [6.07, 6.45) is 0. The molecule has 8 heteroatoms. The molecule has 132 valence electrons. The van der Waals surface area contributed by atoms with E-state index in [4.69, 9.17) is 0 Å². The minimum Gasteiger partial charge on any atom is -0.597 e. The molecular formula is C16H21F2N3O2S. The van der Waals surface area contributed by atoms with Crippen molar-refractivity contribution in [3.8, 4) is 0 Å². The summed E-state index contributed by atoms with van der Waals surface area (Å²) >= 11 is -1.34. The van der Waals surface area contributed by atoms with Gasteiger partial charge in [0.15, 0.2) is 11.6 Å². The Morgan fingerprint density at radius 1 is 1.25 bits per heavy atom. The van der Waals surface area contributed by atoms with Crippen LogP contribution in [0.25, 0.3) is 10.8 Å². The van der Waals surface area contributed by atoms with Gasteiger partial charge in [-0.15, -0.1) is 4.31 Å². The van der Waals surface area contributed by atoms with E-state index < -0.39 is 39.3 Å². The maximum absolute atomic E-state index is 13.7. The van der Waals surface area contributed by atoms with Crippen molar-refractivity contribution in [2.75, 3.05) is 7.05 Å². The molecule has 1 heterocycles. The van der Waals surface area contributed by atoms with Gasteiger partial charge in [0.05, 0.1) is 17.1 Å². The van der Waals surface area contributed by atoms with Crippen LogP contribution in [-0.4, -0.2) is 30.4 Å². The van der Waals surface area contributed by atoms with Gasteiger partial charge in [-0.2, -0.15) is 5.10 Å². The van der Waals surface area contributed by atoms with Crippen LogP contribution in [0, 0.1) is 11.6 Å². The van der Waals surface area contributed by atoms with E-state index in [1.54, 1.807) is 18.3 Å². The number of benzene rings is 1. The molecule has 1 aromatic heterocycles. The number of halogens is 2. The Morgan fingerprint density at radius 2 is 1.75 bits per heavy atom. The van der Waals surface area contributed by atoms with Gasteiger partial charge in [0, 0.05) is 30.8 Å². The molecule has 0 spiro atoms. The van der Waals surface area contributed by atoms with Crippen molar-refractivity contribution in [1.82, 2.24) is 14.1 Å². The van der Waals surface area contributed by atoms with Gasteiger partial charge < -0.3 is 4.55 Å². The topological polar surface area (TPSA) is 61.2 Å². The highest BCUT2D eigenvalue weighted by molar-refractivity contribution is 7.90. The monoisotopic (exact) mass is 357 g/mol. The third kappa shape index (κ3) is 3.31. The minimum atomic E-state index is -1.34. The van der Waals surface area contributed by atoms with Crippen molar-refractivity contribution >= 4 is 22.1 Å². The fourth-order valence-electron chi connectivity index (χ4n) is 2.43. The van der Waals surface area contributed by atoms with E-state index >= 15 is 0 Å². The van der Waals surface area contributed by atoms with Gasteiger partial charge >= 0.3 is 0 Å². The van der Waals surface area contributed by atoms with Crippen molar-refractivity contribution in [1.29, 1.82) is 0 Å². The number of aryl methyl sites for hydroxylation is 1. The summed E-state index contributed by atoms with van der Waals surface area (Å²) in [6, 6.07) is 1.38. The normalized spacial score (nSPS) is 15.1. The zero-order valence-corrected chi connectivity index (χ0v) is 15.4. The van der Waals surface area contributed by atoms with Crippen LogP contribution in [0.2, 0.25) is 0 Å². The predicted molar refractivity (Wildman–Crippen MR) is 91.0 cm³/mol. The number of nitrogens with zero attached hydrogens (tertiary/aromatic N) is 3. The second-order valence-electron chi connectivity index (χ2n) is 6.71. The molecule has 0 unspecified atom stereocenters. The van der Waals surface area contributed by atoms with Crippen molar-refractivity contribution in [3.05, 3.63) is 39.8 Å². The minimum absolute atomic E-state index is 0.0446. The van der Waals surface area contributed by atoms with Crippen molar-refractivity contribution in [2.24, 2.45) is 7.05 Å². The Kier molecular flexibility index (Phi) is 5.03. The number of aromatic nitrogens is 2. The first-order chi connectivity index (χ1) is 10.9. The van der Waals surface area contributed by atoms with Gasteiger partial charge in [-0.1, -0.05) is 0 Å². The van der Waals surface area contributed by atoms with E-state index in [-0.39, 0.29) is 10.8 Å². The molecule has 0 N–H and O–H groups in total. The standard InChI is InChI=1S/C16H21F2N3O2S/c1-9(21(6)24(23)16(2,3)4)14-10-7-12(17)13(18)8-11(10)15(22)20(5)19-14/h7-9H,1-6H3/t9-,24+/m1/s1. The molecule has 5 nitrogen and oxygen atoms in total. The lowest BCUT2D eigenvalue weighted by Gasteiger charge is -2.33. The van der Waals surface area contributed by atoms with E-state index in [0.717, 1.165) is 16.8 Å². The van der Waals surface area contributed by atoms with Crippen LogP contribution in [0.1, 0.15) is 39.4 Å². The summed E-state index contributed by atoms with van der Waals surface area (Å²) in [4.78, 5) is 12.2. The molecule has 0 aliphatic carbocycles. The average molecular weight is 357 g/mol. The summed E-state index contributed by atoms with van der Waals surface area (Å²) in [5.74, 6) is -2.14. The Bertz CT molecular complexity index is 833. The first kappa shape index (κ1) is 18.8. The second kappa shape index (κ2) is 6.42. The molecule has 1 aromatic carbocycles. The quantitative estimate of drug-likeness (QED) is 0.793. The highest BCUT2D eigenvalue weighted by Crippen LogP contribution is 2.30. The van der Waals surface area contributed by atoms with E-state index in [0.29, 0.717) is 5.69 Å². The largest absolute Gasteiger partial charge is 0.597 e. The molecule has 2 rings (SSSR count). The van der Waals surface area contributed by atoms with Crippen LogP contribution in [-0.2, 0) is 18.4 Å². The summed E-state index contributed by atoms with van der Waals surface area (Å²) in [7, 11) is 3.12. The number of rotatable bonds is 3. The third-order valence-corrected chi connectivity index (χ3v) is 5.73. The van der Waals surface area contributed by atoms with E-state index in [1.165, 1.54) is 7.05 Å². The van der Waals surface area contributed by atoms with Crippen LogP contribution in [0.3, 0.4) is 0 Å². The van der Waals surface area contributed by atoms with E-state index in [1.807, 2.05) is 20.8 Å². The zero-order valence-electron chi connectivity index (χ0n) is 14.6. The SMILES string of the molecule is C[C@H](c1nn(C)c(=O)c2cc(F)c(F)cc12)N(C)[S@@+]([O-])C(C)(C)C. The van der Waals surface area contributed by atoms with Crippen LogP contribution in [0.15, 0.2) is 16.9 Å². The highest BCUT2D eigenvalue weighted by atomic mass is 32.2. The summed E-state index contributed by atoms with van der Waals surface area (Å²) in [5, 5.41) is 4.46. The number of hydrogen-bond donors (Lipinski definition) is 0. The fourth-order valence-corrected chi connectivity index (χ4v) is 3.68. The molecule has 0 saturated heterocycles. The maximum Gasteiger partial charge on any atom is 0.274 e. The molecule has 2 aromatic rings. The van der Waals surface area contributed by atoms with Crippen molar-refractivity contribution < 1.29 is 13.3 Å². The smallest absolute Gasteiger partial charge is 0.274 e. The zero-order chi connectivity index (χ0) is 18.4. The molecule has 2 atom stereocenters. The molecular weight excluding hydrogens is 336 g/mol. The van der Waals surface area contributed by atoms with Gasteiger partial charge in [-0.3, -0.25) is 4.79 Å². The summed E-state index contributed by atoms with van der Waals surface area (Å²) in [6.45, 7) is 7.28. The highest BCUT2D eigenvalue weighted by Gasteiger charge is 2.35. The Labute approximate surface area is 142 Å². The lowest BCUT2D eigenvalue weighted by atomic mass is 10.1. The molecule has 0 aliphatic rings. The van der Waals surface area contributed by atoms with Gasteiger partial charge in [0.1, 0.15) is 4.75 Å². The average Bonchev–Trinajstić information content (AvgIpc) is 2.49. The van der Waals surface area contributed by atoms with Crippen LogP contribution < -0.4 is 5.56 Å². The van der Waals surface area contributed by atoms with Crippen LogP contribution in [0.5, 0.6) is 0 Å². The Hall–Kier alpha value is -1.51. The van der Waals surface area contributed by atoms with Gasteiger partial charge in [-0.05, 0) is 39.8 Å². The third-order valence-electron chi connectivity index (χ3n) is 3.85. The molecule has 0 saturated carbocycles. The number of fused-ring (bicyclic) bond motifs is 1. The Morgan fingerprint density at radius 3 is 2.25 bits per heavy atom. The molecule has 24 heavy (non-hydrogen) atoms. The molecule has 0 radical (unpaired) electrons. The van der Waals surface area contributed by atoms with Crippen molar-refractivity contribution in [2.45, 2.75) is 38.5 Å². The first-order valence-electron chi connectivity index (χ1n) is 7.46. The Balaban J connectivity index is 2.66. The van der Waals surface area contributed by atoms with Crippen LogP contribution in [0.4, 0.5) is 8.78 Å². The van der Waals surface area contributed by atoms with Crippen molar-refractivity contribution in [3.63, 3.8) is 0 Å². The first-order valence-corrected chi connectivity index (χ1v) is 8.56. The van der Waals surface area contributed by atoms with Gasteiger partial charge in [-0.25, -0.2) is 13.5 Å². The lowest BCUT2D eigenvalue weighted by molar-refractivity contribution is 0.373. The van der Waals surface area contributed by atoms with E-state index in [9.17, 15) is 18.1 Å². The molecule has 0 fully saturated rings.